The Morgan fingerprint density at radius 1 is 1.10 bits per heavy atom. The van der Waals surface area contributed by atoms with Gasteiger partial charge in [0.25, 0.3) is 0 Å². The van der Waals surface area contributed by atoms with Crippen molar-refractivity contribution in [3.63, 3.8) is 0 Å². The lowest BCUT2D eigenvalue weighted by Crippen LogP contribution is -2.51. The van der Waals surface area contributed by atoms with E-state index in [1.54, 1.807) is 0 Å². The van der Waals surface area contributed by atoms with E-state index in [0.717, 1.165) is 30.4 Å². The van der Waals surface area contributed by atoms with E-state index in [-0.39, 0.29) is 17.2 Å². The average molecular weight is 514 g/mol. The van der Waals surface area contributed by atoms with Crippen molar-refractivity contribution >= 4 is 36.0 Å². The molecule has 0 atom stereocenters. The molecule has 0 bridgehead atoms. The highest BCUT2D eigenvalue weighted by Crippen LogP contribution is 2.36. The minimum atomic E-state index is -1.85. The lowest BCUT2D eigenvalue weighted by atomic mass is 10.0. The number of nitrogens with zero attached hydrogens (tertiary/aromatic N) is 2. The summed E-state index contributed by atoms with van der Waals surface area (Å²) in [5.74, 6) is 0. The van der Waals surface area contributed by atoms with Crippen LogP contribution in [0.25, 0.3) is 0 Å². The summed E-state index contributed by atoms with van der Waals surface area (Å²) in [6.45, 7) is 20.0. The Bertz CT molecular complexity index is 718. The molecule has 0 aliphatic carbocycles. The number of hydrogen-bond donors (Lipinski definition) is 0. The van der Waals surface area contributed by atoms with Crippen LogP contribution in [0.15, 0.2) is 28.7 Å². The van der Waals surface area contributed by atoms with Gasteiger partial charge in [-0.2, -0.15) is 0 Å². The van der Waals surface area contributed by atoms with Crippen LogP contribution < -0.4 is 4.90 Å². The van der Waals surface area contributed by atoms with Crippen molar-refractivity contribution in [3.05, 3.63) is 28.7 Å². The molecule has 1 amide bonds. The Kier molecular flexibility index (Phi) is 8.67. The van der Waals surface area contributed by atoms with Crippen molar-refractivity contribution in [2.75, 3.05) is 31.1 Å². The van der Waals surface area contributed by atoms with Crippen LogP contribution in [0.1, 0.15) is 54.4 Å². The Balaban J connectivity index is 2.03. The molecular formula is C24H41BrN2O3Si. The third-order valence-corrected chi connectivity index (χ3v) is 11.4. The highest BCUT2D eigenvalue weighted by Gasteiger charge is 2.38. The number of carbonyl (C=O) groups is 1. The number of ether oxygens (including phenoxy) is 1. The summed E-state index contributed by atoms with van der Waals surface area (Å²) >= 11 is 3.50. The number of piperidine rings is 1. The molecule has 1 aliphatic rings. The highest BCUT2D eigenvalue weighted by molar-refractivity contribution is 9.10. The second-order valence-corrected chi connectivity index (χ2v) is 16.7. The molecule has 0 unspecified atom stereocenters. The van der Waals surface area contributed by atoms with Crippen molar-refractivity contribution in [1.82, 2.24) is 4.90 Å². The molecule has 0 saturated carbocycles. The minimum Gasteiger partial charge on any atom is -0.444 e. The van der Waals surface area contributed by atoms with E-state index >= 15 is 0 Å². The number of carbonyl (C=O) groups excluding carboxylic acids is 1. The van der Waals surface area contributed by atoms with Crippen LogP contribution in [-0.4, -0.2) is 57.2 Å². The lowest BCUT2D eigenvalue weighted by molar-refractivity contribution is 0.0102. The van der Waals surface area contributed by atoms with Crippen LogP contribution in [0.4, 0.5) is 10.5 Å². The second kappa shape index (κ2) is 10.3. The third-order valence-electron chi connectivity index (χ3n) is 6.33. The Morgan fingerprint density at radius 2 is 1.65 bits per heavy atom. The Labute approximate surface area is 198 Å². The smallest absolute Gasteiger partial charge is 0.410 e. The summed E-state index contributed by atoms with van der Waals surface area (Å²) in [5, 5.41) is 0.153. The quantitative estimate of drug-likeness (QED) is 0.398. The van der Waals surface area contributed by atoms with Gasteiger partial charge in [0.15, 0.2) is 8.32 Å². The highest BCUT2D eigenvalue weighted by atomic mass is 79.9. The summed E-state index contributed by atoms with van der Waals surface area (Å²) in [4.78, 5) is 17.3. The van der Waals surface area contributed by atoms with Gasteiger partial charge in [-0.1, -0.05) is 36.7 Å². The van der Waals surface area contributed by atoms with Gasteiger partial charge < -0.3 is 19.0 Å². The maximum atomic E-state index is 13.0. The van der Waals surface area contributed by atoms with Crippen molar-refractivity contribution in [2.24, 2.45) is 0 Å². The topological polar surface area (TPSA) is 42.0 Å². The fourth-order valence-corrected chi connectivity index (χ4v) is 4.75. The SMILES string of the molecule is CC(C)(C)OC(=O)N(CCO[Si](C)(C)C(C)(C)C)C1CCN(c2ccc(Br)cc2)CC1. The van der Waals surface area contributed by atoms with E-state index in [0.29, 0.717) is 13.2 Å². The maximum absolute atomic E-state index is 13.0. The van der Waals surface area contributed by atoms with Gasteiger partial charge in [-0.05, 0) is 76.0 Å². The molecule has 1 aromatic carbocycles. The van der Waals surface area contributed by atoms with Crippen LogP contribution >= 0.6 is 15.9 Å². The van der Waals surface area contributed by atoms with E-state index < -0.39 is 13.9 Å². The molecule has 0 N–H and O–H groups in total. The minimum absolute atomic E-state index is 0.153. The molecule has 5 nitrogen and oxygen atoms in total. The van der Waals surface area contributed by atoms with Crippen molar-refractivity contribution < 1.29 is 14.0 Å². The molecule has 7 heteroatoms. The number of amides is 1. The first kappa shape index (κ1) is 26.2. The summed E-state index contributed by atoms with van der Waals surface area (Å²) in [5.41, 5.74) is 0.722. The van der Waals surface area contributed by atoms with Gasteiger partial charge in [-0.15, -0.1) is 0 Å². The van der Waals surface area contributed by atoms with E-state index in [1.807, 2.05) is 25.7 Å². The van der Waals surface area contributed by atoms with E-state index in [9.17, 15) is 4.79 Å². The summed E-state index contributed by atoms with van der Waals surface area (Å²) in [6.07, 6.45) is 1.62. The zero-order chi connectivity index (χ0) is 23.4. The molecule has 176 valence electrons. The van der Waals surface area contributed by atoms with Gasteiger partial charge in [0, 0.05) is 35.8 Å². The first-order chi connectivity index (χ1) is 14.2. The van der Waals surface area contributed by atoms with E-state index in [4.69, 9.17) is 9.16 Å². The third kappa shape index (κ3) is 7.79. The number of anilines is 1. The molecule has 1 heterocycles. The molecule has 2 rings (SSSR count). The molecule has 1 saturated heterocycles. The monoisotopic (exact) mass is 512 g/mol. The molecule has 0 spiro atoms. The number of hydrogen-bond acceptors (Lipinski definition) is 4. The normalized spacial score (nSPS) is 16.4. The van der Waals surface area contributed by atoms with Gasteiger partial charge in [0.05, 0.1) is 6.61 Å². The van der Waals surface area contributed by atoms with Crippen molar-refractivity contribution in [1.29, 1.82) is 0 Å². The van der Waals surface area contributed by atoms with Gasteiger partial charge in [0.2, 0.25) is 0 Å². The van der Waals surface area contributed by atoms with Gasteiger partial charge in [-0.25, -0.2) is 4.79 Å². The number of benzene rings is 1. The van der Waals surface area contributed by atoms with Crippen LogP contribution in [0.3, 0.4) is 0 Å². The zero-order valence-electron chi connectivity index (χ0n) is 20.6. The number of halogens is 1. The fraction of sp³-hybridized carbons (Fsp3) is 0.708. The molecule has 1 fully saturated rings. The molecular weight excluding hydrogens is 472 g/mol. The van der Waals surface area contributed by atoms with E-state index in [2.05, 4.69) is 79.0 Å². The fourth-order valence-electron chi connectivity index (χ4n) is 3.45. The standard InChI is InChI=1S/C24H41BrN2O3Si/c1-23(2,3)30-22(28)27(17-18-29-31(7,8)24(4,5)6)21-13-15-26(16-14-21)20-11-9-19(25)10-12-20/h9-12,21H,13-18H2,1-8H3. The predicted molar refractivity (Wildman–Crippen MR) is 135 cm³/mol. The van der Waals surface area contributed by atoms with E-state index in [1.165, 1.54) is 5.69 Å². The first-order valence-corrected chi connectivity index (χ1v) is 15.0. The Hall–Kier alpha value is -1.05. The number of rotatable bonds is 6. The molecule has 0 aromatic heterocycles. The van der Waals surface area contributed by atoms with Crippen molar-refractivity contribution in [2.45, 2.75) is 84.2 Å². The molecule has 1 aromatic rings. The zero-order valence-corrected chi connectivity index (χ0v) is 23.2. The van der Waals surface area contributed by atoms with Crippen LogP contribution in [0.2, 0.25) is 18.1 Å². The summed E-state index contributed by atoms with van der Waals surface area (Å²) in [7, 11) is -1.85. The molecule has 0 radical (unpaired) electrons. The van der Waals surface area contributed by atoms with Gasteiger partial charge >= 0.3 is 6.09 Å². The summed E-state index contributed by atoms with van der Waals surface area (Å²) in [6, 6.07) is 8.61. The van der Waals surface area contributed by atoms with Crippen molar-refractivity contribution in [3.8, 4) is 0 Å². The van der Waals surface area contributed by atoms with Crippen LogP contribution in [0.5, 0.6) is 0 Å². The molecule has 31 heavy (non-hydrogen) atoms. The Morgan fingerprint density at radius 3 is 2.13 bits per heavy atom. The average Bonchev–Trinajstić information content (AvgIpc) is 2.64. The summed E-state index contributed by atoms with van der Waals surface area (Å²) < 4.78 is 13.2. The van der Waals surface area contributed by atoms with Gasteiger partial charge in [0.1, 0.15) is 5.60 Å². The molecule has 1 aliphatic heterocycles. The lowest BCUT2D eigenvalue weighted by Gasteiger charge is -2.41. The maximum Gasteiger partial charge on any atom is 0.410 e. The predicted octanol–water partition coefficient (Wildman–Crippen LogP) is 6.68. The first-order valence-electron chi connectivity index (χ1n) is 11.3. The van der Waals surface area contributed by atoms with Crippen LogP contribution in [0, 0.1) is 0 Å². The largest absolute Gasteiger partial charge is 0.444 e. The van der Waals surface area contributed by atoms with Crippen LogP contribution in [-0.2, 0) is 9.16 Å². The second-order valence-electron chi connectivity index (χ2n) is 11.0. The van der Waals surface area contributed by atoms with Gasteiger partial charge in [-0.3, -0.25) is 0 Å².